The molecule has 2 aliphatic heterocycles. The molecule has 0 radical (unpaired) electrons. The summed E-state index contributed by atoms with van der Waals surface area (Å²) in [5.41, 5.74) is 0. The number of hydrogen-bond acceptors (Lipinski definition) is 3. The molecule has 0 unspecified atom stereocenters. The molecule has 0 bridgehead atoms. The molecule has 5 nitrogen and oxygen atoms in total. The molecule has 3 heterocycles. The molecule has 108 valence electrons. The summed E-state index contributed by atoms with van der Waals surface area (Å²) in [6, 6.07) is 2.02. The highest BCUT2D eigenvalue weighted by atomic mass is 35.5. The lowest BCUT2D eigenvalue weighted by Gasteiger charge is -2.37. The van der Waals surface area contributed by atoms with Crippen molar-refractivity contribution in [3.63, 3.8) is 0 Å². The van der Waals surface area contributed by atoms with Gasteiger partial charge in [0.15, 0.2) is 0 Å². The molecule has 0 aliphatic carbocycles. The van der Waals surface area contributed by atoms with E-state index in [4.69, 9.17) is 28.3 Å². The van der Waals surface area contributed by atoms with Crippen LogP contribution in [0.3, 0.4) is 0 Å². The number of rotatable bonds is 1. The molecule has 2 aliphatic rings. The zero-order valence-electron chi connectivity index (χ0n) is 10.8. The number of fused-ring (bicyclic) bond motifs is 1. The second-order valence-electron chi connectivity index (χ2n) is 5.29. The Bertz CT molecular complexity index is 540. The lowest BCUT2D eigenvalue weighted by molar-refractivity contribution is 0.118. The van der Waals surface area contributed by atoms with Crippen LogP contribution in [0.2, 0.25) is 10.0 Å². The number of aromatic nitrogens is 1. The molecule has 2 fully saturated rings. The van der Waals surface area contributed by atoms with E-state index in [0.717, 1.165) is 25.2 Å². The predicted octanol–water partition coefficient (Wildman–Crippen LogP) is 2.97. The normalized spacial score (nSPS) is 25.7. The zero-order chi connectivity index (χ0) is 14.3. The topological polar surface area (TPSA) is 56.7 Å². The molecule has 0 saturated carbocycles. The van der Waals surface area contributed by atoms with E-state index >= 15 is 0 Å². The summed E-state index contributed by atoms with van der Waals surface area (Å²) in [4.78, 5) is 19.1. The second kappa shape index (κ2) is 5.30. The van der Waals surface area contributed by atoms with Crippen LogP contribution in [-0.2, 0) is 0 Å². The average molecular weight is 316 g/mol. The highest BCUT2D eigenvalue weighted by molar-refractivity contribution is 6.36. The Morgan fingerprint density at radius 3 is 2.85 bits per heavy atom. The van der Waals surface area contributed by atoms with Crippen molar-refractivity contribution in [2.24, 2.45) is 5.92 Å². The first-order valence-corrected chi connectivity index (χ1v) is 7.37. The number of halogens is 2. The van der Waals surface area contributed by atoms with Crippen LogP contribution in [-0.4, -0.2) is 46.8 Å². The van der Waals surface area contributed by atoms with Gasteiger partial charge in [-0.15, -0.1) is 0 Å². The molecular weight excluding hydrogens is 301 g/mol. The fourth-order valence-electron chi connectivity index (χ4n) is 3.24. The van der Waals surface area contributed by atoms with Gasteiger partial charge in [-0.2, -0.15) is 0 Å². The van der Waals surface area contributed by atoms with E-state index in [1.165, 1.54) is 4.90 Å². The van der Waals surface area contributed by atoms with Crippen LogP contribution in [0.1, 0.15) is 12.8 Å². The van der Waals surface area contributed by atoms with Crippen molar-refractivity contribution < 1.29 is 9.90 Å². The Hall–Kier alpha value is -1.20. The van der Waals surface area contributed by atoms with Crippen molar-refractivity contribution >= 4 is 35.1 Å². The number of anilines is 1. The third-order valence-corrected chi connectivity index (χ3v) is 4.65. The van der Waals surface area contributed by atoms with Crippen molar-refractivity contribution in [1.29, 1.82) is 0 Å². The predicted molar refractivity (Wildman–Crippen MR) is 77.7 cm³/mol. The number of carbonyl (C=O) groups is 1. The van der Waals surface area contributed by atoms with Crippen molar-refractivity contribution in [3.05, 3.63) is 22.3 Å². The first-order chi connectivity index (χ1) is 9.56. The van der Waals surface area contributed by atoms with Crippen LogP contribution in [0.15, 0.2) is 12.3 Å². The third kappa shape index (κ3) is 2.40. The van der Waals surface area contributed by atoms with E-state index < -0.39 is 6.09 Å². The Labute approximate surface area is 127 Å². The summed E-state index contributed by atoms with van der Waals surface area (Å²) in [6.45, 7) is 2.02. The highest BCUT2D eigenvalue weighted by Gasteiger charge is 2.40. The number of likely N-dealkylation sites (tertiary alicyclic amines) is 1. The maximum atomic E-state index is 11.1. The van der Waals surface area contributed by atoms with Gasteiger partial charge in [-0.3, -0.25) is 0 Å². The van der Waals surface area contributed by atoms with Crippen LogP contribution in [0.4, 0.5) is 10.6 Å². The van der Waals surface area contributed by atoms with E-state index in [2.05, 4.69) is 9.88 Å². The lowest BCUT2D eigenvalue weighted by Crippen LogP contribution is -2.47. The minimum absolute atomic E-state index is 0.316. The number of hydrogen-bond donors (Lipinski definition) is 1. The van der Waals surface area contributed by atoms with Gasteiger partial charge in [-0.25, -0.2) is 9.78 Å². The highest BCUT2D eigenvalue weighted by Crippen LogP contribution is 2.37. The number of nitrogens with zero attached hydrogens (tertiary/aromatic N) is 3. The Morgan fingerprint density at radius 1 is 1.35 bits per heavy atom. The minimum atomic E-state index is -0.829. The quantitative estimate of drug-likeness (QED) is 0.865. The molecule has 2 saturated heterocycles. The van der Waals surface area contributed by atoms with E-state index in [-0.39, 0.29) is 0 Å². The van der Waals surface area contributed by atoms with E-state index in [1.54, 1.807) is 12.3 Å². The van der Waals surface area contributed by atoms with E-state index in [9.17, 15) is 4.79 Å². The maximum absolute atomic E-state index is 11.1. The fourth-order valence-corrected chi connectivity index (χ4v) is 3.73. The van der Waals surface area contributed by atoms with Gasteiger partial charge in [0.1, 0.15) is 5.82 Å². The largest absolute Gasteiger partial charge is 0.465 e. The molecular formula is C13H15Cl2N3O2. The summed E-state index contributed by atoms with van der Waals surface area (Å²) in [6.07, 6.45) is 2.55. The maximum Gasteiger partial charge on any atom is 0.407 e. The summed E-state index contributed by atoms with van der Waals surface area (Å²) < 4.78 is 0. The lowest BCUT2D eigenvalue weighted by atomic mass is 9.93. The molecule has 2 atom stereocenters. The first kappa shape index (κ1) is 13.8. The summed E-state index contributed by atoms with van der Waals surface area (Å²) in [7, 11) is 0. The van der Waals surface area contributed by atoms with Crippen molar-refractivity contribution in [1.82, 2.24) is 9.88 Å². The van der Waals surface area contributed by atoms with Crippen LogP contribution >= 0.6 is 23.2 Å². The fraction of sp³-hybridized carbons (Fsp3) is 0.538. The van der Waals surface area contributed by atoms with Gasteiger partial charge in [0.25, 0.3) is 0 Å². The van der Waals surface area contributed by atoms with E-state index in [1.807, 2.05) is 0 Å². The van der Waals surface area contributed by atoms with Gasteiger partial charge >= 0.3 is 6.09 Å². The molecule has 20 heavy (non-hydrogen) atoms. The van der Waals surface area contributed by atoms with Gasteiger partial charge in [0.2, 0.25) is 0 Å². The SMILES string of the molecule is O=C(O)N1CC[C@H]2[C@H](CCN2c2ncc(Cl)cc2Cl)C1. The summed E-state index contributed by atoms with van der Waals surface area (Å²) >= 11 is 12.1. The molecule has 1 amide bonds. The standard InChI is InChI=1S/C13H15Cl2N3O2/c14-9-5-10(15)12(16-6-9)18-4-1-8-7-17(13(19)20)3-2-11(8)18/h5-6,8,11H,1-4,7H2,(H,19,20)/t8-,11+/m1/s1. The Balaban J connectivity index is 1.79. The summed E-state index contributed by atoms with van der Waals surface area (Å²) in [5.74, 6) is 1.11. The number of carboxylic acid groups (broad SMARTS) is 1. The second-order valence-corrected chi connectivity index (χ2v) is 6.13. The van der Waals surface area contributed by atoms with Crippen LogP contribution in [0, 0.1) is 5.92 Å². The summed E-state index contributed by atoms with van der Waals surface area (Å²) in [5, 5.41) is 10.2. The van der Waals surface area contributed by atoms with Gasteiger partial charge in [0.05, 0.1) is 10.0 Å². The molecule has 1 aromatic heterocycles. The van der Waals surface area contributed by atoms with Crippen LogP contribution in [0.25, 0.3) is 0 Å². The van der Waals surface area contributed by atoms with Gasteiger partial charge in [-0.1, -0.05) is 23.2 Å². The molecule has 1 N–H and O–H groups in total. The first-order valence-electron chi connectivity index (χ1n) is 6.62. The average Bonchev–Trinajstić information content (AvgIpc) is 2.81. The minimum Gasteiger partial charge on any atom is -0.465 e. The molecule has 0 aromatic carbocycles. The molecule has 0 spiro atoms. The number of amides is 1. The monoisotopic (exact) mass is 315 g/mol. The van der Waals surface area contributed by atoms with Crippen molar-refractivity contribution in [2.75, 3.05) is 24.5 Å². The molecule has 3 rings (SSSR count). The van der Waals surface area contributed by atoms with E-state index in [0.29, 0.717) is 35.1 Å². The van der Waals surface area contributed by atoms with Crippen molar-refractivity contribution in [3.8, 4) is 0 Å². The van der Waals surface area contributed by atoms with Gasteiger partial charge in [0, 0.05) is 31.9 Å². The smallest absolute Gasteiger partial charge is 0.407 e. The number of pyridine rings is 1. The van der Waals surface area contributed by atoms with Gasteiger partial charge in [-0.05, 0) is 24.8 Å². The Morgan fingerprint density at radius 2 is 2.15 bits per heavy atom. The van der Waals surface area contributed by atoms with Gasteiger partial charge < -0.3 is 14.9 Å². The molecule has 1 aromatic rings. The zero-order valence-corrected chi connectivity index (χ0v) is 12.3. The van der Waals surface area contributed by atoms with Crippen molar-refractivity contribution in [2.45, 2.75) is 18.9 Å². The third-order valence-electron chi connectivity index (χ3n) is 4.17. The number of piperidine rings is 1. The Kier molecular flexibility index (Phi) is 3.65. The van der Waals surface area contributed by atoms with Crippen LogP contribution < -0.4 is 4.90 Å². The van der Waals surface area contributed by atoms with Crippen LogP contribution in [0.5, 0.6) is 0 Å². The molecule has 7 heteroatoms.